The van der Waals surface area contributed by atoms with E-state index in [-0.39, 0.29) is 11.9 Å². The van der Waals surface area contributed by atoms with E-state index in [1.807, 2.05) is 12.1 Å². The SMILES string of the molecule is O=C(CC1CCc2ccccc21)NC1CCN(c2cccc3c2OCCO3)CC1. The molecular weight excluding hydrogens is 364 g/mol. The lowest BCUT2D eigenvalue weighted by Gasteiger charge is -2.35. The second-order valence-corrected chi connectivity index (χ2v) is 8.27. The summed E-state index contributed by atoms with van der Waals surface area (Å²) in [5, 5.41) is 3.29. The smallest absolute Gasteiger partial charge is 0.220 e. The maximum Gasteiger partial charge on any atom is 0.220 e. The number of ether oxygens (including phenoxy) is 2. The molecule has 1 fully saturated rings. The van der Waals surface area contributed by atoms with Gasteiger partial charge in [0.25, 0.3) is 0 Å². The molecule has 2 heterocycles. The van der Waals surface area contributed by atoms with Gasteiger partial charge in [-0.2, -0.15) is 0 Å². The molecule has 0 radical (unpaired) electrons. The predicted molar refractivity (Wildman–Crippen MR) is 113 cm³/mol. The number of fused-ring (bicyclic) bond motifs is 2. The number of carbonyl (C=O) groups excluding carboxylic acids is 1. The Balaban J connectivity index is 1.15. The lowest BCUT2D eigenvalue weighted by atomic mass is 9.96. The molecule has 0 aromatic heterocycles. The zero-order valence-corrected chi connectivity index (χ0v) is 16.7. The highest BCUT2D eigenvalue weighted by atomic mass is 16.6. The van der Waals surface area contributed by atoms with Crippen molar-refractivity contribution in [2.24, 2.45) is 0 Å². The van der Waals surface area contributed by atoms with Gasteiger partial charge in [0.15, 0.2) is 11.5 Å². The van der Waals surface area contributed by atoms with Crippen LogP contribution < -0.4 is 19.7 Å². The number of carbonyl (C=O) groups is 1. The fourth-order valence-corrected chi connectivity index (χ4v) is 4.94. The molecule has 1 saturated heterocycles. The Morgan fingerprint density at radius 3 is 2.72 bits per heavy atom. The fourth-order valence-electron chi connectivity index (χ4n) is 4.94. The molecule has 1 unspecified atom stereocenters. The molecule has 2 aromatic rings. The van der Waals surface area contributed by atoms with Crippen LogP contribution in [0.4, 0.5) is 5.69 Å². The Morgan fingerprint density at radius 2 is 1.83 bits per heavy atom. The molecule has 5 heteroatoms. The van der Waals surface area contributed by atoms with Gasteiger partial charge in [-0.1, -0.05) is 30.3 Å². The first-order chi connectivity index (χ1) is 14.3. The van der Waals surface area contributed by atoms with E-state index in [0.717, 1.165) is 56.0 Å². The number of nitrogens with zero attached hydrogens (tertiary/aromatic N) is 1. The van der Waals surface area contributed by atoms with Crippen LogP contribution in [0.2, 0.25) is 0 Å². The van der Waals surface area contributed by atoms with Crippen LogP contribution in [0.5, 0.6) is 11.5 Å². The molecule has 2 aliphatic heterocycles. The van der Waals surface area contributed by atoms with Crippen molar-refractivity contribution in [1.29, 1.82) is 0 Å². The van der Waals surface area contributed by atoms with Gasteiger partial charge < -0.3 is 19.7 Å². The molecule has 0 saturated carbocycles. The summed E-state index contributed by atoms with van der Waals surface area (Å²) in [4.78, 5) is 15.0. The number of hydrogen-bond acceptors (Lipinski definition) is 4. The molecule has 2 aromatic carbocycles. The summed E-state index contributed by atoms with van der Waals surface area (Å²) in [5.74, 6) is 2.26. The Hall–Kier alpha value is -2.69. The summed E-state index contributed by atoms with van der Waals surface area (Å²) in [6.07, 6.45) is 4.70. The summed E-state index contributed by atoms with van der Waals surface area (Å²) in [5.41, 5.74) is 3.89. The first kappa shape index (κ1) is 18.3. The third-order valence-corrected chi connectivity index (χ3v) is 6.44. The topological polar surface area (TPSA) is 50.8 Å². The number of benzene rings is 2. The normalized spacial score (nSPS) is 21.0. The Kier molecular flexibility index (Phi) is 5.04. The molecule has 1 amide bonds. The minimum atomic E-state index is 0.193. The number of amides is 1. The number of piperidine rings is 1. The molecular formula is C24H28N2O3. The standard InChI is InChI=1S/C24H28N2O3/c27-23(16-18-9-8-17-4-1-2-5-20(17)18)25-19-10-12-26(13-11-19)21-6-3-7-22-24(21)29-15-14-28-22/h1-7,18-19H,8-16H2,(H,25,27). The van der Waals surface area contributed by atoms with E-state index in [0.29, 0.717) is 25.6 Å². The number of nitrogens with one attached hydrogen (secondary N) is 1. The average Bonchev–Trinajstić information content (AvgIpc) is 3.17. The van der Waals surface area contributed by atoms with Crippen LogP contribution in [0.25, 0.3) is 0 Å². The van der Waals surface area contributed by atoms with Crippen molar-refractivity contribution < 1.29 is 14.3 Å². The molecule has 0 bridgehead atoms. The van der Waals surface area contributed by atoms with Gasteiger partial charge in [0.2, 0.25) is 5.91 Å². The summed E-state index contributed by atoms with van der Waals surface area (Å²) in [6, 6.07) is 14.9. The molecule has 0 spiro atoms. The van der Waals surface area contributed by atoms with Gasteiger partial charge in [-0.25, -0.2) is 0 Å². The molecule has 152 valence electrons. The first-order valence-corrected chi connectivity index (χ1v) is 10.8. The maximum atomic E-state index is 12.7. The van der Waals surface area contributed by atoms with Crippen LogP contribution in [0.15, 0.2) is 42.5 Å². The lowest BCUT2D eigenvalue weighted by molar-refractivity contribution is -0.122. The summed E-state index contributed by atoms with van der Waals surface area (Å²) < 4.78 is 11.6. The van der Waals surface area contributed by atoms with Crippen LogP contribution in [0.1, 0.15) is 42.7 Å². The van der Waals surface area contributed by atoms with Crippen molar-refractivity contribution in [3.8, 4) is 11.5 Å². The van der Waals surface area contributed by atoms with Crippen molar-refractivity contribution in [3.05, 3.63) is 53.6 Å². The molecule has 29 heavy (non-hydrogen) atoms. The van der Waals surface area contributed by atoms with Crippen LogP contribution in [0, 0.1) is 0 Å². The molecule has 1 atom stereocenters. The van der Waals surface area contributed by atoms with Crippen molar-refractivity contribution in [2.75, 3.05) is 31.2 Å². The van der Waals surface area contributed by atoms with Gasteiger partial charge in [0, 0.05) is 25.6 Å². The van der Waals surface area contributed by atoms with E-state index in [1.54, 1.807) is 0 Å². The van der Waals surface area contributed by atoms with Gasteiger partial charge in [-0.05, 0) is 54.9 Å². The molecule has 3 aliphatic rings. The van der Waals surface area contributed by atoms with Crippen molar-refractivity contribution >= 4 is 11.6 Å². The minimum Gasteiger partial charge on any atom is -0.486 e. The third kappa shape index (κ3) is 3.78. The highest BCUT2D eigenvalue weighted by Gasteiger charge is 2.28. The minimum absolute atomic E-state index is 0.193. The molecule has 1 aliphatic carbocycles. The van der Waals surface area contributed by atoms with E-state index in [2.05, 4.69) is 40.5 Å². The third-order valence-electron chi connectivity index (χ3n) is 6.44. The van der Waals surface area contributed by atoms with Gasteiger partial charge in [-0.15, -0.1) is 0 Å². The van der Waals surface area contributed by atoms with Gasteiger partial charge in [0.1, 0.15) is 13.2 Å². The van der Waals surface area contributed by atoms with Gasteiger partial charge >= 0.3 is 0 Å². The van der Waals surface area contributed by atoms with Crippen molar-refractivity contribution in [2.45, 2.75) is 44.1 Å². The number of rotatable bonds is 4. The van der Waals surface area contributed by atoms with Gasteiger partial charge in [0.05, 0.1) is 5.69 Å². The summed E-state index contributed by atoms with van der Waals surface area (Å²) in [6.45, 7) is 3.03. The largest absolute Gasteiger partial charge is 0.486 e. The molecule has 5 nitrogen and oxygen atoms in total. The zero-order valence-electron chi connectivity index (χ0n) is 16.7. The summed E-state index contributed by atoms with van der Waals surface area (Å²) in [7, 11) is 0. The van der Waals surface area contributed by atoms with Crippen LogP contribution in [0.3, 0.4) is 0 Å². The number of para-hydroxylation sites is 1. The summed E-state index contributed by atoms with van der Waals surface area (Å²) >= 11 is 0. The first-order valence-electron chi connectivity index (χ1n) is 10.8. The van der Waals surface area contributed by atoms with E-state index in [1.165, 1.54) is 11.1 Å². The Labute approximate surface area is 172 Å². The fraction of sp³-hybridized carbons (Fsp3) is 0.458. The van der Waals surface area contributed by atoms with E-state index in [9.17, 15) is 4.79 Å². The van der Waals surface area contributed by atoms with Crippen LogP contribution in [-0.2, 0) is 11.2 Å². The lowest BCUT2D eigenvalue weighted by Crippen LogP contribution is -2.45. The highest BCUT2D eigenvalue weighted by molar-refractivity contribution is 5.77. The molecule has 5 rings (SSSR count). The average molecular weight is 392 g/mol. The predicted octanol–water partition coefficient (Wildman–Crippen LogP) is 3.66. The van der Waals surface area contributed by atoms with E-state index in [4.69, 9.17) is 9.47 Å². The van der Waals surface area contributed by atoms with Crippen LogP contribution in [-0.4, -0.2) is 38.3 Å². The number of aryl methyl sites for hydroxylation is 1. The number of anilines is 1. The highest BCUT2D eigenvalue weighted by Crippen LogP contribution is 2.40. The van der Waals surface area contributed by atoms with Crippen molar-refractivity contribution in [3.63, 3.8) is 0 Å². The van der Waals surface area contributed by atoms with Crippen LogP contribution >= 0.6 is 0 Å². The Morgan fingerprint density at radius 1 is 1.00 bits per heavy atom. The molecule has 1 N–H and O–H groups in total. The quantitative estimate of drug-likeness (QED) is 0.863. The second-order valence-electron chi connectivity index (χ2n) is 8.27. The van der Waals surface area contributed by atoms with E-state index >= 15 is 0 Å². The van der Waals surface area contributed by atoms with Crippen molar-refractivity contribution in [1.82, 2.24) is 5.32 Å². The number of hydrogen-bond donors (Lipinski definition) is 1. The Bertz CT molecular complexity index is 889. The second kappa shape index (κ2) is 7.97. The maximum absolute atomic E-state index is 12.7. The monoisotopic (exact) mass is 392 g/mol. The van der Waals surface area contributed by atoms with Gasteiger partial charge in [-0.3, -0.25) is 4.79 Å². The van der Waals surface area contributed by atoms with E-state index < -0.39 is 0 Å². The zero-order chi connectivity index (χ0) is 19.6.